The number of aliphatic hydroxyl groups excluding tert-OH is 2. The molecule has 1 aromatic carbocycles. The molecule has 6 nitrogen and oxygen atoms in total. The molecule has 1 rings (SSSR count). The number of carboxylic acid groups (broad SMARTS) is 2. The minimum absolute atomic E-state index is 0. The highest BCUT2D eigenvalue weighted by Crippen LogP contribution is 1.81. The summed E-state index contributed by atoms with van der Waals surface area (Å²) in [6.07, 6.45) is 0. The molecule has 132 valence electrons. The van der Waals surface area contributed by atoms with Crippen molar-refractivity contribution in [1.82, 2.24) is 0 Å². The first kappa shape index (κ1) is 29.1. The van der Waals surface area contributed by atoms with Crippen LogP contribution in [0.1, 0.15) is 13.8 Å². The second-order valence-electron chi connectivity index (χ2n) is 3.77. The summed E-state index contributed by atoms with van der Waals surface area (Å²) in [6.45, 7) is 8.95. The average molecular weight is 346 g/mol. The Morgan fingerprint density at radius 1 is 0.739 bits per heavy atom. The van der Waals surface area contributed by atoms with Crippen LogP contribution in [-0.2, 0) is 9.59 Å². The molecule has 0 amide bonds. The molecule has 0 aromatic heterocycles. The van der Waals surface area contributed by atoms with Crippen molar-refractivity contribution in [1.29, 1.82) is 0 Å². The maximum Gasteiger partial charge on any atom is 0.330 e. The number of hydrogen-bond acceptors (Lipinski definition) is 4. The van der Waals surface area contributed by atoms with E-state index in [1.807, 2.05) is 36.4 Å². The van der Waals surface area contributed by atoms with E-state index in [9.17, 15) is 9.59 Å². The van der Waals surface area contributed by atoms with E-state index in [1.54, 1.807) is 0 Å². The topological polar surface area (TPSA) is 115 Å². The highest BCUT2D eigenvalue weighted by atomic mass is 31.0. The molecule has 7 heteroatoms. The third kappa shape index (κ3) is 38.3. The molecule has 0 aliphatic rings. The summed E-state index contributed by atoms with van der Waals surface area (Å²) in [7, 11) is 0. The first-order valence-corrected chi connectivity index (χ1v) is 6.20. The van der Waals surface area contributed by atoms with Crippen molar-refractivity contribution in [3.05, 3.63) is 60.7 Å². The molecule has 4 N–H and O–H groups in total. The van der Waals surface area contributed by atoms with Gasteiger partial charge in [-0.1, -0.05) is 49.6 Å². The van der Waals surface area contributed by atoms with Crippen LogP contribution in [0.3, 0.4) is 0 Å². The molecular formula is C16H27O6P. The Kier molecular flexibility index (Phi) is 28.1. The molecule has 0 saturated heterocycles. The van der Waals surface area contributed by atoms with Crippen LogP contribution in [0.15, 0.2) is 60.7 Å². The van der Waals surface area contributed by atoms with E-state index in [0.29, 0.717) is 0 Å². The minimum atomic E-state index is -0.935. The molecule has 1 unspecified atom stereocenters. The summed E-state index contributed by atoms with van der Waals surface area (Å²) in [6, 6.07) is 12.0. The van der Waals surface area contributed by atoms with Gasteiger partial charge in [-0.2, -0.15) is 9.90 Å². The Bertz CT molecular complexity index is 355. The molecule has 0 spiro atoms. The molecule has 1 aromatic rings. The Balaban J connectivity index is -0.000000104. The van der Waals surface area contributed by atoms with Gasteiger partial charge in [-0.15, -0.1) is 0 Å². The van der Waals surface area contributed by atoms with E-state index in [1.165, 1.54) is 13.8 Å². The number of aliphatic carboxylic acids is 2. The minimum Gasteiger partial charge on any atom is -0.478 e. The lowest BCUT2D eigenvalue weighted by Gasteiger charge is -1.79. The zero-order chi connectivity index (χ0) is 18.0. The van der Waals surface area contributed by atoms with Gasteiger partial charge in [-0.3, -0.25) is 0 Å². The standard InChI is InChI=1S/C6H6.2C4H6O2.C2H6O2.H3P/c1-2-4-6-5-3-1;2*1-3(2)4(5)6;3-1-2-4;/h1-6H;2*1H2,2H3,(H,5,6);3-4H,1-2H2;1H3. The highest BCUT2D eigenvalue weighted by Gasteiger charge is 1.90. The van der Waals surface area contributed by atoms with Gasteiger partial charge >= 0.3 is 11.9 Å². The first-order valence-electron chi connectivity index (χ1n) is 6.20. The monoisotopic (exact) mass is 346 g/mol. The molecule has 23 heavy (non-hydrogen) atoms. The highest BCUT2D eigenvalue weighted by molar-refractivity contribution is 6.92. The Hall–Kier alpha value is -2.01. The smallest absolute Gasteiger partial charge is 0.330 e. The molecule has 0 aliphatic heterocycles. The fourth-order valence-electron chi connectivity index (χ4n) is 0.385. The number of aliphatic hydroxyl groups is 2. The second kappa shape index (κ2) is 22.3. The first-order chi connectivity index (χ1) is 10.2. The number of carboxylic acids is 2. The van der Waals surface area contributed by atoms with Gasteiger partial charge in [0.1, 0.15) is 0 Å². The predicted molar refractivity (Wildman–Crippen MR) is 96.6 cm³/mol. The van der Waals surface area contributed by atoms with E-state index in [2.05, 4.69) is 13.2 Å². The summed E-state index contributed by atoms with van der Waals surface area (Å²) in [5.74, 6) is -1.87. The number of hydrogen-bond donors (Lipinski definition) is 4. The summed E-state index contributed by atoms with van der Waals surface area (Å²) < 4.78 is 0. The molecule has 0 aliphatic carbocycles. The largest absolute Gasteiger partial charge is 0.478 e. The zero-order valence-corrected chi connectivity index (χ0v) is 15.0. The van der Waals surface area contributed by atoms with Crippen LogP contribution in [0.4, 0.5) is 0 Å². The van der Waals surface area contributed by atoms with Gasteiger partial charge in [-0.25, -0.2) is 9.59 Å². The van der Waals surface area contributed by atoms with Crippen molar-refractivity contribution in [2.75, 3.05) is 13.2 Å². The fourth-order valence-corrected chi connectivity index (χ4v) is 0.385. The van der Waals surface area contributed by atoms with Gasteiger partial charge < -0.3 is 20.4 Å². The van der Waals surface area contributed by atoms with Crippen LogP contribution < -0.4 is 0 Å². The van der Waals surface area contributed by atoms with Crippen LogP contribution in [-0.4, -0.2) is 45.6 Å². The van der Waals surface area contributed by atoms with Crippen LogP contribution in [0.25, 0.3) is 0 Å². The maximum atomic E-state index is 9.60. The summed E-state index contributed by atoms with van der Waals surface area (Å²) in [4.78, 5) is 19.2. The zero-order valence-electron chi connectivity index (χ0n) is 13.6. The van der Waals surface area contributed by atoms with E-state index in [0.717, 1.165) is 0 Å². The van der Waals surface area contributed by atoms with Crippen LogP contribution in [0.2, 0.25) is 0 Å². The van der Waals surface area contributed by atoms with Crippen molar-refractivity contribution in [2.24, 2.45) is 0 Å². The third-order valence-electron chi connectivity index (χ3n) is 1.50. The van der Waals surface area contributed by atoms with Crippen LogP contribution in [0.5, 0.6) is 0 Å². The Labute approximate surface area is 140 Å². The number of carbonyl (C=O) groups is 2. The second-order valence-corrected chi connectivity index (χ2v) is 3.77. The fraction of sp³-hybridized carbons (Fsp3) is 0.250. The van der Waals surface area contributed by atoms with Gasteiger partial charge in [-0.05, 0) is 13.8 Å². The van der Waals surface area contributed by atoms with Gasteiger partial charge in [0, 0.05) is 11.1 Å². The lowest BCUT2D eigenvalue weighted by molar-refractivity contribution is -0.133. The Morgan fingerprint density at radius 2 is 0.870 bits per heavy atom. The third-order valence-corrected chi connectivity index (χ3v) is 1.50. The summed E-state index contributed by atoms with van der Waals surface area (Å²) in [5, 5.41) is 31.0. The van der Waals surface area contributed by atoms with Crippen molar-refractivity contribution in [3.8, 4) is 0 Å². The van der Waals surface area contributed by atoms with Gasteiger partial charge in [0.25, 0.3) is 0 Å². The Morgan fingerprint density at radius 3 is 0.913 bits per heavy atom. The summed E-state index contributed by atoms with van der Waals surface area (Å²) in [5.41, 5.74) is 0.352. The number of rotatable bonds is 3. The van der Waals surface area contributed by atoms with Crippen molar-refractivity contribution < 1.29 is 30.0 Å². The van der Waals surface area contributed by atoms with E-state index < -0.39 is 11.9 Å². The quantitative estimate of drug-likeness (QED) is 0.492. The van der Waals surface area contributed by atoms with Gasteiger partial charge in [0.05, 0.1) is 13.2 Å². The van der Waals surface area contributed by atoms with Crippen molar-refractivity contribution in [2.45, 2.75) is 13.8 Å². The number of benzene rings is 1. The van der Waals surface area contributed by atoms with Crippen LogP contribution >= 0.6 is 9.90 Å². The molecule has 0 heterocycles. The maximum absolute atomic E-state index is 9.60. The van der Waals surface area contributed by atoms with E-state index in [-0.39, 0.29) is 34.3 Å². The molecule has 0 bridgehead atoms. The van der Waals surface area contributed by atoms with E-state index in [4.69, 9.17) is 20.4 Å². The van der Waals surface area contributed by atoms with Gasteiger partial charge in [0.2, 0.25) is 0 Å². The molecule has 0 fully saturated rings. The van der Waals surface area contributed by atoms with E-state index >= 15 is 0 Å². The van der Waals surface area contributed by atoms with Crippen molar-refractivity contribution >= 4 is 21.8 Å². The van der Waals surface area contributed by atoms with Gasteiger partial charge in [0.15, 0.2) is 0 Å². The normalized spacial score (nSPS) is 7.30. The molecule has 0 saturated carbocycles. The summed E-state index contributed by atoms with van der Waals surface area (Å²) >= 11 is 0. The average Bonchev–Trinajstić information content (AvgIpc) is 2.50. The van der Waals surface area contributed by atoms with Crippen molar-refractivity contribution in [3.63, 3.8) is 0 Å². The van der Waals surface area contributed by atoms with Crippen LogP contribution in [0, 0.1) is 0 Å². The lowest BCUT2D eigenvalue weighted by atomic mass is 10.4. The molecular weight excluding hydrogens is 319 g/mol. The lowest BCUT2D eigenvalue weighted by Crippen LogP contribution is -1.92. The predicted octanol–water partition coefficient (Wildman–Crippen LogP) is 2.01. The SMILES string of the molecule is C=C(C)C(=O)O.C=C(C)C(=O)O.OCCO.P.c1ccccc1. The molecule has 1 atom stereocenters. The molecule has 0 radical (unpaired) electrons.